The summed E-state index contributed by atoms with van der Waals surface area (Å²) < 4.78 is 9.66. The molecule has 1 spiro atoms. The lowest BCUT2D eigenvalue weighted by molar-refractivity contribution is -0.670. The maximum absolute atomic E-state index is 12.5. The van der Waals surface area contributed by atoms with Crippen LogP contribution in [0.2, 0.25) is 0 Å². The second-order valence-electron chi connectivity index (χ2n) is 6.20. The molecule has 2 aliphatic heterocycles. The lowest BCUT2D eigenvalue weighted by Crippen LogP contribution is -2.46. The summed E-state index contributed by atoms with van der Waals surface area (Å²) in [5.74, 6) is 0. The Bertz CT molecular complexity index is 714. The molecule has 0 saturated carbocycles. The number of nitrogens with zero attached hydrogens (tertiary/aromatic N) is 3. The molecule has 3 heterocycles. The zero-order valence-electron chi connectivity index (χ0n) is 12.7. The Balaban J connectivity index is 1.51. The van der Waals surface area contributed by atoms with Gasteiger partial charge < -0.3 is 9.64 Å². The molecule has 4 rings (SSSR count). The fourth-order valence-electron chi connectivity index (χ4n) is 3.58. The van der Waals surface area contributed by atoms with Gasteiger partial charge in [0.2, 0.25) is 0 Å². The highest BCUT2D eigenvalue weighted by molar-refractivity contribution is 5.76. The van der Waals surface area contributed by atoms with E-state index in [0.717, 1.165) is 25.9 Å². The zero-order valence-corrected chi connectivity index (χ0v) is 12.7. The molecule has 114 valence electrons. The number of aromatic nitrogens is 2. The Morgan fingerprint density at radius 1 is 1.27 bits per heavy atom. The van der Waals surface area contributed by atoms with Gasteiger partial charge in [-0.3, -0.25) is 0 Å². The van der Waals surface area contributed by atoms with Crippen LogP contribution in [0.1, 0.15) is 24.0 Å². The lowest BCUT2D eigenvalue weighted by atomic mass is 9.84. The summed E-state index contributed by atoms with van der Waals surface area (Å²) in [4.78, 5) is 14.4. The van der Waals surface area contributed by atoms with Gasteiger partial charge in [-0.15, -0.1) is 0 Å². The summed E-state index contributed by atoms with van der Waals surface area (Å²) in [6.07, 6.45) is 7.20. The van der Waals surface area contributed by atoms with Crippen molar-refractivity contribution in [1.82, 2.24) is 9.47 Å². The Labute approximate surface area is 129 Å². The summed E-state index contributed by atoms with van der Waals surface area (Å²) in [7, 11) is 1.91. The van der Waals surface area contributed by atoms with E-state index >= 15 is 0 Å². The van der Waals surface area contributed by atoms with Gasteiger partial charge in [0.15, 0.2) is 0 Å². The van der Waals surface area contributed by atoms with Gasteiger partial charge >= 0.3 is 6.03 Å². The van der Waals surface area contributed by atoms with E-state index in [1.807, 2.05) is 22.7 Å². The number of carbonyl (C=O) groups excluding carboxylic acids is 1. The van der Waals surface area contributed by atoms with E-state index in [1.54, 1.807) is 17.1 Å². The van der Waals surface area contributed by atoms with E-state index < -0.39 is 0 Å². The first-order chi connectivity index (χ1) is 10.7. The smallest absolute Gasteiger partial charge is 0.365 e. The Morgan fingerprint density at radius 2 is 2.05 bits per heavy atom. The number of fused-ring (bicyclic) bond motifs is 2. The van der Waals surface area contributed by atoms with Gasteiger partial charge in [-0.1, -0.05) is 24.3 Å². The van der Waals surface area contributed by atoms with E-state index in [-0.39, 0.29) is 11.6 Å². The quantitative estimate of drug-likeness (QED) is 0.696. The third-order valence-electron chi connectivity index (χ3n) is 4.84. The molecule has 0 radical (unpaired) electrons. The number of likely N-dealkylation sites (tertiary alicyclic amines) is 1. The molecule has 0 atom stereocenters. The summed E-state index contributed by atoms with van der Waals surface area (Å²) in [5.41, 5.74) is 2.42. The molecule has 1 amide bonds. The fourth-order valence-corrected chi connectivity index (χ4v) is 3.58. The van der Waals surface area contributed by atoms with Crippen molar-refractivity contribution in [2.24, 2.45) is 7.05 Å². The molecule has 5 nitrogen and oxygen atoms in total. The van der Waals surface area contributed by atoms with E-state index in [0.29, 0.717) is 6.61 Å². The number of aryl methyl sites for hydroxylation is 1. The largest absolute Gasteiger partial charge is 0.415 e. The average molecular weight is 298 g/mol. The minimum atomic E-state index is -0.186. The third kappa shape index (κ3) is 2.04. The van der Waals surface area contributed by atoms with Gasteiger partial charge in [-0.05, 0) is 24.0 Å². The van der Waals surface area contributed by atoms with Crippen molar-refractivity contribution in [2.75, 3.05) is 13.1 Å². The first-order valence-corrected chi connectivity index (χ1v) is 7.73. The lowest BCUT2D eigenvalue weighted by Gasteiger charge is -2.38. The van der Waals surface area contributed by atoms with Gasteiger partial charge in [0.1, 0.15) is 12.4 Å². The highest BCUT2D eigenvalue weighted by Crippen LogP contribution is 2.43. The predicted molar refractivity (Wildman–Crippen MR) is 80.1 cm³/mol. The molecule has 1 aromatic carbocycles. The van der Waals surface area contributed by atoms with Crippen molar-refractivity contribution in [3.63, 3.8) is 0 Å². The molecule has 1 saturated heterocycles. The minimum Gasteiger partial charge on any atom is -0.365 e. The standard InChI is InChI=1S/C17H20N3O2/c1-18-10-11-20(13-18)16(21)19-8-6-17(7-9-19)15-5-3-2-4-14(15)12-22-17/h2-5,10-11,13H,6-9,12H2,1H3/q+1. The number of amides is 1. The zero-order chi connectivity index (χ0) is 15.2. The number of benzene rings is 1. The Kier molecular flexibility index (Phi) is 3.04. The summed E-state index contributed by atoms with van der Waals surface area (Å²) in [6, 6.07) is 8.49. The van der Waals surface area contributed by atoms with Gasteiger partial charge in [0, 0.05) is 13.1 Å². The van der Waals surface area contributed by atoms with E-state index in [1.165, 1.54) is 11.1 Å². The van der Waals surface area contributed by atoms with Gasteiger partial charge in [0.05, 0.1) is 19.3 Å². The second-order valence-corrected chi connectivity index (χ2v) is 6.20. The van der Waals surface area contributed by atoms with E-state index in [9.17, 15) is 4.79 Å². The summed E-state index contributed by atoms with van der Waals surface area (Å²) >= 11 is 0. The molecule has 0 unspecified atom stereocenters. The topological polar surface area (TPSA) is 38.3 Å². The van der Waals surface area contributed by atoms with Gasteiger partial charge in [-0.25, -0.2) is 9.36 Å². The number of carbonyl (C=O) groups is 1. The van der Waals surface area contributed by atoms with Crippen molar-refractivity contribution in [2.45, 2.75) is 25.0 Å². The summed E-state index contributed by atoms with van der Waals surface area (Å²) in [5, 5.41) is 0. The number of hydrogen-bond donors (Lipinski definition) is 0. The normalized spacial score (nSPS) is 19.4. The van der Waals surface area contributed by atoms with Crippen LogP contribution in [0.5, 0.6) is 0 Å². The summed E-state index contributed by atoms with van der Waals surface area (Å²) in [6.45, 7) is 2.15. The molecule has 2 aliphatic rings. The number of ether oxygens (including phenoxy) is 1. The molecular weight excluding hydrogens is 278 g/mol. The van der Waals surface area contributed by atoms with Crippen molar-refractivity contribution >= 4 is 6.03 Å². The monoisotopic (exact) mass is 298 g/mol. The van der Waals surface area contributed by atoms with Crippen LogP contribution in [0.15, 0.2) is 43.0 Å². The van der Waals surface area contributed by atoms with Crippen LogP contribution in [0.4, 0.5) is 4.79 Å². The number of rotatable bonds is 0. The second kappa shape index (κ2) is 4.95. The fraction of sp³-hybridized carbons (Fsp3) is 0.412. The first-order valence-electron chi connectivity index (χ1n) is 7.73. The molecule has 1 aromatic heterocycles. The van der Waals surface area contributed by atoms with Crippen LogP contribution in [-0.4, -0.2) is 28.6 Å². The molecular formula is C17H20N3O2+. The first kappa shape index (κ1) is 13.5. The van der Waals surface area contributed by atoms with Gasteiger partial charge in [0.25, 0.3) is 6.33 Å². The number of piperidine rings is 1. The van der Waals surface area contributed by atoms with Crippen LogP contribution in [0, 0.1) is 0 Å². The van der Waals surface area contributed by atoms with Crippen molar-refractivity contribution in [1.29, 1.82) is 0 Å². The van der Waals surface area contributed by atoms with Crippen LogP contribution < -0.4 is 4.57 Å². The van der Waals surface area contributed by atoms with Crippen LogP contribution >= 0.6 is 0 Å². The molecule has 22 heavy (non-hydrogen) atoms. The SMILES string of the molecule is C[n+]1ccn(C(=O)N2CCC3(CC2)OCc2ccccc23)c1. The van der Waals surface area contributed by atoms with Crippen molar-refractivity contribution in [3.05, 3.63) is 54.1 Å². The predicted octanol–water partition coefficient (Wildman–Crippen LogP) is 1.80. The van der Waals surface area contributed by atoms with Crippen molar-refractivity contribution in [3.8, 4) is 0 Å². The maximum Gasteiger partial charge on any atom is 0.415 e. The minimum absolute atomic E-state index is 0.0433. The Hall–Kier alpha value is -2.14. The van der Waals surface area contributed by atoms with Crippen LogP contribution in [-0.2, 0) is 24.0 Å². The molecule has 5 heteroatoms. The molecule has 0 N–H and O–H groups in total. The van der Waals surface area contributed by atoms with E-state index in [2.05, 4.69) is 24.3 Å². The van der Waals surface area contributed by atoms with Crippen LogP contribution in [0.25, 0.3) is 0 Å². The number of imidazole rings is 1. The maximum atomic E-state index is 12.5. The van der Waals surface area contributed by atoms with Crippen LogP contribution in [0.3, 0.4) is 0 Å². The van der Waals surface area contributed by atoms with Gasteiger partial charge in [-0.2, -0.15) is 4.57 Å². The van der Waals surface area contributed by atoms with E-state index in [4.69, 9.17) is 4.74 Å². The molecule has 1 fully saturated rings. The average Bonchev–Trinajstić information content (AvgIpc) is 3.13. The van der Waals surface area contributed by atoms with Crippen molar-refractivity contribution < 1.29 is 14.1 Å². The molecule has 2 aromatic rings. The highest BCUT2D eigenvalue weighted by atomic mass is 16.5. The third-order valence-corrected chi connectivity index (χ3v) is 4.84. The Morgan fingerprint density at radius 3 is 2.77 bits per heavy atom. The molecule has 0 bridgehead atoms. The highest BCUT2D eigenvalue weighted by Gasteiger charge is 2.43. The number of hydrogen-bond acceptors (Lipinski definition) is 2. The molecule has 0 aliphatic carbocycles.